The second kappa shape index (κ2) is 7.55. The SMILES string of the molecule is O=C(C[C@H]1C[C@@H]2CC[C@@H]1C2)Nc1ccc(Sc2ccc(Br)cc2)cc1. The fourth-order valence-electron chi connectivity index (χ4n) is 4.32. The van der Waals surface area contributed by atoms with Crippen molar-refractivity contribution in [1.82, 2.24) is 0 Å². The van der Waals surface area contributed by atoms with Crippen molar-refractivity contribution in [2.75, 3.05) is 5.32 Å². The maximum atomic E-state index is 12.3. The highest BCUT2D eigenvalue weighted by Gasteiger charge is 2.40. The Labute approximate surface area is 161 Å². The third-order valence-corrected chi connectivity index (χ3v) is 7.06. The quantitative estimate of drug-likeness (QED) is 0.614. The van der Waals surface area contributed by atoms with E-state index < -0.39 is 0 Å². The van der Waals surface area contributed by atoms with Gasteiger partial charge in [-0.1, -0.05) is 34.1 Å². The van der Waals surface area contributed by atoms with E-state index in [4.69, 9.17) is 0 Å². The monoisotopic (exact) mass is 415 g/mol. The van der Waals surface area contributed by atoms with Crippen LogP contribution in [0, 0.1) is 17.8 Å². The Hall–Kier alpha value is -1.26. The molecule has 0 saturated heterocycles. The maximum Gasteiger partial charge on any atom is 0.224 e. The van der Waals surface area contributed by atoms with E-state index >= 15 is 0 Å². The molecular formula is C21H22BrNOS. The molecule has 2 saturated carbocycles. The average Bonchev–Trinajstić information content (AvgIpc) is 3.21. The molecule has 0 spiro atoms. The van der Waals surface area contributed by atoms with Gasteiger partial charge in [0.25, 0.3) is 0 Å². The summed E-state index contributed by atoms with van der Waals surface area (Å²) in [5.41, 5.74) is 0.897. The third kappa shape index (κ3) is 4.29. The maximum absolute atomic E-state index is 12.3. The van der Waals surface area contributed by atoms with Gasteiger partial charge in [0, 0.05) is 26.4 Å². The van der Waals surface area contributed by atoms with Crippen LogP contribution in [0.3, 0.4) is 0 Å². The van der Waals surface area contributed by atoms with E-state index in [-0.39, 0.29) is 5.91 Å². The number of carbonyl (C=O) groups is 1. The minimum absolute atomic E-state index is 0.172. The van der Waals surface area contributed by atoms with Gasteiger partial charge in [0.05, 0.1) is 0 Å². The van der Waals surface area contributed by atoms with E-state index in [1.54, 1.807) is 11.8 Å². The summed E-state index contributed by atoms with van der Waals surface area (Å²) < 4.78 is 1.09. The van der Waals surface area contributed by atoms with Crippen molar-refractivity contribution in [1.29, 1.82) is 0 Å². The van der Waals surface area contributed by atoms with Gasteiger partial charge in [-0.25, -0.2) is 0 Å². The standard InChI is InChI=1S/C21H22BrNOS/c22-17-3-7-19(8-4-17)25-20-9-5-18(6-10-20)23-21(24)13-16-12-14-1-2-15(16)11-14/h3-10,14-16H,1-2,11-13H2,(H,23,24)/t14-,15-,16-/m1/s1. The second-order valence-corrected chi connectivity index (χ2v) is 9.33. The van der Waals surface area contributed by atoms with Crippen LogP contribution in [0.4, 0.5) is 5.69 Å². The minimum Gasteiger partial charge on any atom is -0.326 e. The van der Waals surface area contributed by atoms with E-state index in [1.165, 1.54) is 35.5 Å². The Kier molecular flexibility index (Phi) is 5.18. The molecule has 0 aromatic heterocycles. The van der Waals surface area contributed by atoms with Crippen molar-refractivity contribution in [3.05, 3.63) is 53.0 Å². The third-order valence-electron chi connectivity index (χ3n) is 5.52. The molecule has 0 radical (unpaired) electrons. The molecule has 0 unspecified atom stereocenters. The average molecular weight is 416 g/mol. The van der Waals surface area contributed by atoms with Gasteiger partial charge in [-0.05, 0) is 85.5 Å². The van der Waals surface area contributed by atoms with Crippen LogP contribution in [-0.4, -0.2) is 5.91 Å². The molecule has 1 N–H and O–H groups in total. The lowest BCUT2D eigenvalue weighted by molar-refractivity contribution is -0.117. The van der Waals surface area contributed by atoms with Gasteiger partial charge in [-0.3, -0.25) is 4.79 Å². The van der Waals surface area contributed by atoms with Crippen molar-refractivity contribution < 1.29 is 4.79 Å². The molecule has 2 nitrogen and oxygen atoms in total. The molecule has 4 heteroatoms. The highest BCUT2D eigenvalue weighted by Crippen LogP contribution is 2.49. The first-order chi connectivity index (χ1) is 12.2. The van der Waals surface area contributed by atoms with Crippen LogP contribution >= 0.6 is 27.7 Å². The zero-order valence-electron chi connectivity index (χ0n) is 14.1. The van der Waals surface area contributed by atoms with Crippen molar-refractivity contribution in [3.63, 3.8) is 0 Å². The van der Waals surface area contributed by atoms with Crippen molar-refractivity contribution in [2.24, 2.45) is 17.8 Å². The Morgan fingerprint density at radius 3 is 2.28 bits per heavy atom. The molecule has 0 aliphatic heterocycles. The minimum atomic E-state index is 0.172. The summed E-state index contributed by atoms with van der Waals surface area (Å²) >= 11 is 5.18. The molecule has 2 aromatic rings. The summed E-state index contributed by atoms with van der Waals surface area (Å²) in [6.45, 7) is 0. The van der Waals surface area contributed by atoms with Crippen molar-refractivity contribution in [2.45, 2.75) is 41.9 Å². The van der Waals surface area contributed by atoms with E-state index in [2.05, 4.69) is 45.5 Å². The zero-order chi connectivity index (χ0) is 17.2. The smallest absolute Gasteiger partial charge is 0.224 e. The molecule has 2 aliphatic carbocycles. The van der Waals surface area contributed by atoms with E-state index in [9.17, 15) is 4.79 Å². The lowest BCUT2D eigenvalue weighted by atomic mass is 9.86. The molecule has 4 rings (SSSR count). The van der Waals surface area contributed by atoms with Gasteiger partial charge in [-0.15, -0.1) is 0 Å². The largest absolute Gasteiger partial charge is 0.326 e. The predicted octanol–water partition coefficient (Wildman–Crippen LogP) is 6.37. The van der Waals surface area contributed by atoms with Gasteiger partial charge in [0.15, 0.2) is 0 Å². The molecule has 3 atom stereocenters. The number of hydrogen-bond acceptors (Lipinski definition) is 2. The van der Waals surface area contributed by atoms with Crippen molar-refractivity contribution >= 4 is 39.3 Å². The topological polar surface area (TPSA) is 29.1 Å². The second-order valence-electron chi connectivity index (χ2n) is 7.27. The number of halogens is 1. The van der Waals surface area contributed by atoms with Crippen LogP contribution in [-0.2, 0) is 4.79 Å². The van der Waals surface area contributed by atoms with Gasteiger partial charge < -0.3 is 5.32 Å². The van der Waals surface area contributed by atoms with E-state index in [1.807, 2.05) is 24.3 Å². The number of nitrogens with one attached hydrogen (secondary N) is 1. The van der Waals surface area contributed by atoms with E-state index in [0.717, 1.165) is 22.0 Å². The van der Waals surface area contributed by atoms with Crippen LogP contribution in [0.25, 0.3) is 0 Å². The highest BCUT2D eigenvalue weighted by molar-refractivity contribution is 9.10. The first-order valence-corrected chi connectivity index (χ1v) is 10.6. The Morgan fingerprint density at radius 2 is 1.68 bits per heavy atom. The van der Waals surface area contributed by atoms with Gasteiger partial charge in [0.1, 0.15) is 0 Å². The summed E-state index contributed by atoms with van der Waals surface area (Å²) in [5.74, 6) is 2.50. The summed E-state index contributed by atoms with van der Waals surface area (Å²) in [6, 6.07) is 16.4. The Balaban J connectivity index is 1.31. The highest BCUT2D eigenvalue weighted by atomic mass is 79.9. The molecule has 2 fully saturated rings. The molecule has 25 heavy (non-hydrogen) atoms. The van der Waals surface area contributed by atoms with Crippen molar-refractivity contribution in [3.8, 4) is 0 Å². The first kappa shape index (κ1) is 17.2. The van der Waals surface area contributed by atoms with Crippen LogP contribution < -0.4 is 5.32 Å². The summed E-state index contributed by atoms with van der Waals surface area (Å²) in [4.78, 5) is 14.7. The van der Waals surface area contributed by atoms with Crippen LogP contribution in [0.2, 0.25) is 0 Å². The van der Waals surface area contributed by atoms with Gasteiger partial charge in [-0.2, -0.15) is 0 Å². The molecule has 0 heterocycles. The number of benzene rings is 2. The number of amides is 1. The van der Waals surface area contributed by atoms with Gasteiger partial charge in [0.2, 0.25) is 5.91 Å². The number of rotatable bonds is 5. The lowest BCUT2D eigenvalue weighted by Gasteiger charge is -2.20. The lowest BCUT2D eigenvalue weighted by Crippen LogP contribution is -2.20. The van der Waals surface area contributed by atoms with Crippen LogP contribution in [0.1, 0.15) is 32.1 Å². The fraction of sp³-hybridized carbons (Fsp3) is 0.381. The fourth-order valence-corrected chi connectivity index (χ4v) is 5.40. The first-order valence-electron chi connectivity index (χ1n) is 8.99. The number of fused-ring (bicyclic) bond motifs is 2. The molecule has 130 valence electrons. The summed E-state index contributed by atoms with van der Waals surface area (Å²) in [6.07, 6.45) is 6.04. The van der Waals surface area contributed by atoms with Gasteiger partial charge >= 0.3 is 0 Å². The normalized spacial score (nSPS) is 24.4. The molecule has 2 bridgehead atoms. The number of hydrogen-bond donors (Lipinski definition) is 1. The van der Waals surface area contributed by atoms with Crippen LogP contribution in [0.15, 0.2) is 62.8 Å². The van der Waals surface area contributed by atoms with Crippen LogP contribution in [0.5, 0.6) is 0 Å². The molecular weight excluding hydrogens is 394 g/mol. The Bertz CT molecular complexity index is 743. The van der Waals surface area contributed by atoms with E-state index in [0.29, 0.717) is 12.3 Å². The summed E-state index contributed by atoms with van der Waals surface area (Å²) in [5, 5.41) is 3.07. The molecule has 1 amide bonds. The summed E-state index contributed by atoms with van der Waals surface area (Å²) in [7, 11) is 0. The number of anilines is 1. The zero-order valence-corrected chi connectivity index (χ0v) is 16.5. The Morgan fingerprint density at radius 1 is 1.00 bits per heavy atom. The predicted molar refractivity (Wildman–Crippen MR) is 107 cm³/mol. The molecule has 2 aromatic carbocycles. The number of carbonyl (C=O) groups excluding carboxylic acids is 1. The molecule has 2 aliphatic rings.